The summed E-state index contributed by atoms with van der Waals surface area (Å²) in [6.07, 6.45) is 3.31. The molecule has 0 aliphatic carbocycles. The van der Waals surface area contributed by atoms with E-state index < -0.39 is 12.1 Å². The fourth-order valence-electron chi connectivity index (χ4n) is 3.94. The van der Waals surface area contributed by atoms with Gasteiger partial charge >= 0.3 is 6.09 Å². The number of H-pyrrole nitrogens is 1. The summed E-state index contributed by atoms with van der Waals surface area (Å²) in [5.41, 5.74) is 3.42. The van der Waals surface area contributed by atoms with Crippen LogP contribution >= 0.6 is 0 Å². The van der Waals surface area contributed by atoms with Gasteiger partial charge in [-0.05, 0) is 29.3 Å². The number of carbonyl (C=O) groups excluding carboxylic acids is 2. The lowest BCUT2D eigenvalue weighted by Gasteiger charge is -2.18. The first-order valence-corrected chi connectivity index (χ1v) is 11.3. The highest BCUT2D eigenvalue weighted by atomic mass is 16.5. The molecule has 3 N–H and O–H groups in total. The summed E-state index contributed by atoms with van der Waals surface area (Å²) in [5, 5.41) is 14.8. The highest BCUT2D eigenvalue weighted by Crippen LogP contribution is 2.19. The molecule has 9 nitrogen and oxygen atoms in total. The summed E-state index contributed by atoms with van der Waals surface area (Å²) < 4.78 is 7.16. The Morgan fingerprint density at radius 3 is 2.66 bits per heavy atom. The van der Waals surface area contributed by atoms with Crippen molar-refractivity contribution in [2.24, 2.45) is 0 Å². The lowest BCUT2D eigenvalue weighted by Crippen LogP contribution is -2.48. The van der Waals surface area contributed by atoms with Gasteiger partial charge in [-0.2, -0.15) is 0 Å². The maximum Gasteiger partial charge on any atom is 0.408 e. The zero-order chi connectivity index (χ0) is 24.0. The monoisotopic (exact) mass is 468 g/mol. The van der Waals surface area contributed by atoms with E-state index in [0.29, 0.717) is 11.5 Å². The van der Waals surface area contributed by atoms with Gasteiger partial charge in [0, 0.05) is 29.7 Å². The average molecular weight is 469 g/mol. The molecular formula is C26H24N6O3. The van der Waals surface area contributed by atoms with Crippen LogP contribution in [0.1, 0.15) is 17.0 Å². The molecule has 0 aliphatic heterocycles. The number of hydrogen-bond donors (Lipinski definition) is 3. The number of nitrogens with zero attached hydrogens (tertiary/aromatic N) is 3. The molecular weight excluding hydrogens is 444 g/mol. The average Bonchev–Trinajstić information content (AvgIpc) is 3.50. The largest absolute Gasteiger partial charge is 0.445 e. The first-order chi connectivity index (χ1) is 17.2. The number of benzene rings is 2. The summed E-state index contributed by atoms with van der Waals surface area (Å²) >= 11 is 0. The number of aromatic nitrogens is 4. The highest BCUT2D eigenvalue weighted by Gasteiger charge is 2.24. The summed E-state index contributed by atoms with van der Waals surface area (Å²) in [4.78, 5) is 29.0. The van der Waals surface area contributed by atoms with E-state index >= 15 is 0 Å². The summed E-state index contributed by atoms with van der Waals surface area (Å²) in [6.45, 7) is 0.273. The van der Waals surface area contributed by atoms with Crippen molar-refractivity contribution in [1.29, 1.82) is 0 Å². The normalized spacial score (nSPS) is 11.9. The van der Waals surface area contributed by atoms with Crippen LogP contribution in [0.3, 0.4) is 0 Å². The van der Waals surface area contributed by atoms with E-state index in [-0.39, 0.29) is 25.5 Å². The van der Waals surface area contributed by atoms with Crippen molar-refractivity contribution in [3.05, 3.63) is 102 Å². The molecule has 5 aromatic rings. The fraction of sp³-hybridized carbons (Fsp3) is 0.154. The number of amides is 2. The molecule has 0 bridgehead atoms. The van der Waals surface area contributed by atoms with Crippen LogP contribution in [0.15, 0.2) is 85.2 Å². The van der Waals surface area contributed by atoms with Crippen LogP contribution in [0.5, 0.6) is 0 Å². The van der Waals surface area contributed by atoms with Crippen LogP contribution in [0.25, 0.3) is 16.6 Å². The van der Waals surface area contributed by atoms with E-state index in [9.17, 15) is 9.59 Å². The molecule has 5 rings (SSSR count). The van der Waals surface area contributed by atoms with Crippen LogP contribution in [0.2, 0.25) is 0 Å². The molecule has 2 amide bonds. The lowest BCUT2D eigenvalue weighted by molar-refractivity contribution is -0.123. The van der Waals surface area contributed by atoms with Gasteiger partial charge in [-0.1, -0.05) is 54.6 Å². The van der Waals surface area contributed by atoms with Gasteiger partial charge in [0.2, 0.25) is 5.91 Å². The number of ether oxygens (including phenoxy) is 1. The summed E-state index contributed by atoms with van der Waals surface area (Å²) in [6, 6.07) is 21.9. The quantitative estimate of drug-likeness (QED) is 0.323. The Morgan fingerprint density at radius 2 is 1.77 bits per heavy atom. The highest BCUT2D eigenvalue weighted by molar-refractivity contribution is 5.88. The van der Waals surface area contributed by atoms with Crippen LogP contribution in [0, 0.1) is 0 Å². The second-order valence-electron chi connectivity index (χ2n) is 8.09. The zero-order valence-corrected chi connectivity index (χ0v) is 18.8. The van der Waals surface area contributed by atoms with Crippen LogP contribution < -0.4 is 10.6 Å². The van der Waals surface area contributed by atoms with E-state index in [4.69, 9.17) is 4.74 Å². The van der Waals surface area contributed by atoms with E-state index in [2.05, 4.69) is 25.8 Å². The van der Waals surface area contributed by atoms with Crippen LogP contribution in [0.4, 0.5) is 4.79 Å². The molecule has 3 heterocycles. The predicted molar refractivity (Wildman–Crippen MR) is 130 cm³/mol. The van der Waals surface area contributed by atoms with E-state index in [1.165, 1.54) is 0 Å². The zero-order valence-electron chi connectivity index (χ0n) is 18.8. The first-order valence-electron chi connectivity index (χ1n) is 11.3. The third-order valence-corrected chi connectivity index (χ3v) is 5.73. The molecule has 0 radical (unpaired) electrons. The maximum absolute atomic E-state index is 13.2. The molecule has 1 unspecified atom stereocenters. The van der Waals surface area contributed by atoms with Crippen molar-refractivity contribution in [2.75, 3.05) is 0 Å². The van der Waals surface area contributed by atoms with E-state index in [1.807, 2.05) is 85.2 Å². The van der Waals surface area contributed by atoms with Crippen molar-refractivity contribution in [1.82, 2.24) is 30.2 Å². The SMILES string of the molecule is O=C(NC(Cc1c[nH]c2ccccc12)C(=O)NCc1nnc2ccccn12)OCc1ccccc1. The number of pyridine rings is 1. The van der Waals surface area contributed by atoms with Gasteiger partial charge < -0.3 is 20.4 Å². The lowest BCUT2D eigenvalue weighted by atomic mass is 10.0. The van der Waals surface area contributed by atoms with Crippen LogP contribution in [-0.4, -0.2) is 37.6 Å². The Labute approximate surface area is 201 Å². The minimum absolute atomic E-state index is 0.111. The number of nitrogens with one attached hydrogen (secondary N) is 3. The second-order valence-corrected chi connectivity index (χ2v) is 8.09. The van der Waals surface area contributed by atoms with Crippen molar-refractivity contribution >= 4 is 28.6 Å². The molecule has 0 aliphatic rings. The van der Waals surface area contributed by atoms with Crippen molar-refractivity contribution in [2.45, 2.75) is 25.6 Å². The van der Waals surface area contributed by atoms with Gasteiger partial charge in [0.15, 0.2) is 11.5 Å². The van der Waals surface area contributed by atoms with Gasteiger partial charge in [-0.3, -0.25) is 9.20 Å². The Balaban J connectivity index is 1.30. The Kier molecular flexibility index (Phi) is 6.38. The third-order valence-electron chi connectivity index (χ3n) is 5.73. The fourth-order valence-corrected chi connectivity index (χ4v) is 3.94. The molecule has 176 valence electrons. The second kappa shape index (κ2) is 10.1. The van der Waals surface area contributed by atoms with E-state index in [1.54, 1.807) is 4.40 Å². The number of rotatable bonds is 8. The number of aromatic amines is 1. The Bertz CT molecular complexity index is 1460. The van der Waals surface area contributed by atoms with Gasteiger partial charge in [0.1, 0.15) is 12.6 Å². The number of alkyl carbamates (subject to hydrolysis) is 1. The number of fused-ring (bicyclic) bond motifs is 2. The van der Waals surface area contributed by atoms with Gasteiger partial charge in [0.05, 0.1) is 6.54 Å². The first kappa shape index (κ1) is 22.1. The van der Waals surface area contributed by atoms with Crippen molar-refractivity contribution in [3.8, 4) is 0 Å². The van der Waals surface area contributed by atoms with Gasteiger partial charge in [0.25, 0.3) is 0 Å². The smallest absolute Gasteiger partial charge is 0.408 e. The van der Waals surface area contributed by atoms with Crippen LogP contribution in [-0.2, 0) is 29.1 Å². The van der Waals surface area contributed by atoms with E-state index in [0.717, 1.165) is 22.0 Å². The molecule has 9 heteroatoms. The molecule has 0 fully saturated rings. The van der Waals surface area contributed by atoms with Crippen molar-refractivity contribution < 1.29 is 14.3 Å². The molecule has 0 saturated carbocycles. The predicted octanol–water partition coefficient (Wildman–Crippen LogP) is 3.36. The molecule has 3 aromatic heterocycles. The van der Waals surface area contributed by atoms with Crippen molar-refractivity contribution in [3.63, 3.8) is 0 Å². The van der Waals surface area contributed by atoms with Gasteiger partial charge in [-0.15, -0.1) is 10.2 Å². The maximum atomic E-state index is 13.2. The third kappa shape index (κ3) is 5.14. The minimum Gasteiger partial charge on any atom is -0.445 e. The number of hydrogen-bond acceptors (Lipinski definition) is 5. The number of para-hydroxylation sites is 1. The molecule has 0 spiro atoms. The Morgan fingerprint density at radius 1 is 0.971 bits per heavy atom. The molecule has 1 atom stereocenters. The molecule has 35 heavy (non-hydrogen) atoms. The summed E-state index contributed by atoms with van der Waals surface area (Å²) in [5.74, 6) is 0.242. The molecule has 0 saturated heterocycles. The standard InChI is InChI=1S/C26H24N6O3/c33-25(28-16-24-31-30-23-12-6-7-13-32(23)24)22(14-19-15-27-21-11-5-4-10-20(19)21)29-26(34)35-17-18-8-2-1-3-9-18/h1-13,15,22,27H,14,16-17H2,(H,28,33)(H,29,34). The Hall–Kier alpha value is -4.66. The minimum atomic E-state index is -0.850. The van der Waals surface area contributed by atoms with Gasteiger partial charge in [-0.25, -0.2) is 4.79 Å². The summed E-state index contributed by atoms with van der Waals surface area (Å²) in [7, 11) is 0. The number of carbonyl (C=O) groups is 2. The molecule has 2 aromatic carbocycles. The topological polar surface area (TPSA) is 113 Å².